The summed E-state index contributed by atoms with van der Waals surface area (Å²) in [5.41, 5.74) is 0.334. The van der Waals surface area contributed by atoms with Crippen LogP contribution < -0.4 is 4.72 Å². The number of carbonyl (C=O) groups is 2. The summed E-state index contributed by atoms with van der Waals surface area (Å²) < 4.78 is 31.8. The third-order valence-corrected chi connectivity index (χ3v) is 4.43. The first kappa shape index (κ1) is 17.5. The van der Waals surface area contributed by atoms with Crippen LogP contribution in [0.5, 0.6) is 0 Å². The van der Waals surface area contributed by atoms with Crippen LogP contribution >= 0.6 is 0 Å². The van der Waals surface area contributed by atoms with Gasteiger partial charge in [0.2, 0.25) is 0 Å². The first-order chi connectivity index (χ1) is 11.3. The molecule has 0 aliphatic heterocycles. The van der Waals surface area contributed by atoms with Crippen molar-refractivity contribution < 1.29 is 27.9 Å². The van der Waals surface area contributed by atoms with E-state index < -0.39 is 22.0 Å². The number of carboxylic acid groups (broad SMARTS) is 1. The third-order valence-electron chi connectivity index (χ3n) is 3.04. The molecule has 0 fully saturated rings. The highest BCUT2D eigenvalue weighted by Crippen LogP contribution is 2.18. The molecule has 2 aromatic carbocycles. The number of benzene rings is 2. The van der Waals surface area contributed by atoms with Crippen LogP contribution in [0.25, 0.3) is 0 Å². The van der Waals surface area contributed by atoms with Gasteiger partial charge in [-0.25, -0.2) is 18.0 Å². The van der Waals surface area contributed by atoms with E-state index in [0.717, 1.165) is 0 Å². The van der Waals surface area contributed by atoms with Gasteiger partial charge in [0.15, 0.2) is 0 Å². The molecule has 0 radical (unpaired) electrons. The van der Waals surface area contributed by atoms with Crippen LogP contribution in [-0.4, -0.2) is 32.1 Å². The molecule has 0 heterocycles. The zero-order valence-electron chi connectivity index (χ0n) is 12.7. The summed E-state index contributed by atoms with van der Waals surface area (Å²) in [4.78, 5) is 22.4. The van der Waals surface area contributed by atoms with Gasteiger partial charge in [-0.2, -0.15) is 0 Å². The lowest BCUT2D eigenvalue weighted by atomic mass is 10.2. The van der Waals surface area contributed by atoms with Gasteiger partial charge >= 0.3 is 11.9 Å². The smallest absolute Gasteiger partial charge is 0.338 e. The van der Waals surface area contributed by atoms with Gasteiger partial charge in [-0.15, -0.1) is 0 Å². The molecule has 24 heavy (non-hydrogen) atoms. The maximum absolute atomic E-state index is 12.3. The number of nitrogens with one attached hydrogen (secondary N) is 1. The summed E-state index contributed by atoms with van der Waals surface area (Å²) in [5, 5.41) is 8.93. The van der Waals surface area contributed by atoms with Gasteiger partial charge < -0.3 is 9.84 Å². The Labute approximate surface area is 138 Å². The quantitative estimate of drug-likeness (QED) is 0.775. The Morgan fingerprint density at radius 3 is 2.33 bits per heavy atom. The molecule has 2 N–H and O–H groups in total. The second-order valence-corrected chi connectivity index (χ2v) is 6.42. The third kappa shape index (κ3) is 4.11. The van der Waals surface area contributed by atoms with Gasteiger partial charge in [-0.3, -0.25) is 4.72 Å². The van der Waals surface area contributed by atoms with Crippen LogP contribution in [0.2, 0.25) is 0 Å². The Morgan fingerprint density at radius 1 is 1.08 bits per heavy atom. The molecule has 0 unspecified atom stereocenters. The Balaban J connectivity index is 2.23. The van der Waals surface area contributed by atoms with Crippen LogP contribution in [0.1, 0.15) is 27.6 Å². The molecule has 0 aromatic heterocycles. The fourth-order valence-electron chi connectivity index (χ4n) is 1.91. The largest absolute Gasteiger partial charge is 0.478 e. The first-order valence-electron chi connectivity index (χ1n) is 6.97. The summed E-state index contributed by atoms with van der Waals surface area (Å²) in [6, 6.07) is 10.7. The predicted molar refractivity (Wildman–Crippen MR) is 86.6 cm³/mol. The molecule has 0 atom stereocenters. The van der Waals surface area contributed by atoms with E-state index in [9.17, 15) is 18.0 Å². The average molecular weight is 349 g/mol. The minimum Gasteiger partial charge on any atom is -0.478 e. The molecule has 0 amide bonds. The van der Waals surface area contributed by atoms with E-state index in [1.54, 1.807) is 6.92 Å². The lowest BCUT2D eigenvalue weighted by Crippen LogP contribution is -2.14. The number of carbonyl (C=O) groups excluding carboxylic acids is 1. The molecular weight excluding hydrogens is 334 g/mol. The van der Waals surface area contributed by atoms with Crippen molar-refractivity contribution in [1.29, 1.82) is 0 Å². The lowest BCUT2D eigenvalue weighted by Gasteiger charge is -2.09. The minimum absolute atomic E-state index is 0.0344. The molecule has 7 nitrogen and oxygen atoms in total. The number of hydrogen-bond acceptors (Lipinski definition) is 5. The highest BCUT2D eigenvalue weighted by atomic mass is 32.2. The fourth-order valence-corrected chi connectivity index (χ4v) is 2.96. The number of ether oxygens (including phenoxy) is 1. The number of hydrogen-bond donors (Lipinski definition) is 2. The van der Waals surface area contributed by atoms with E-state index in [4.69, 9.17) is 9.84 Å². The Bertz CT molecular complexity index is 858. The van der Waals surface area contributed by atoms with E-state index in [-0.39, 0.29) is 28.3 Å². The maximum atomic E-state index is 12.3. The van der Waals surface area contributed by atoms with Gasteiger partial charge in [-0.05, 0) is 49.4 Å². The summed E-state index contributed by atoms with van der Waals surface area (Å²) in [7, 11) is -3.91. The summed E-state index contributed by atoms with van der Waals surface area (Å²) in [6.45, 7) is 1.90. The van der Waals surface area contributed by atoms with E-state index >= 15 is 0 Å². The molecule has 2 rings (SSSR count). The summed E-state index contributed by atoms with van der Waals surface area (Å²) in [6.07, 6.45) is 0. The van der Waals surface area contributed by atoms with Crippen LogP contribution in [0.4, 0.5) is 5.69 Å². The van der Waals surface area contributed by atoms with Crippen molar-refractivity contribution in [3.05, 3.63) is 59.7 Å². The van der Waals surface area contributed by atoms with Crippen molar-refractivity contribution >= 4 is 27.6 Å². The molecule has 2 aromatic rings. The van der Waals surface area contributed by atoms with Crippen molar-refractivity contribution in [2.75, 3.05) is 11.3 Å². The van der Waals surface area contributed by atoms with Crippen LogP contribution in [-0.2, 0) is 14.8 Å². The SMILES string of the molecule is CCOC(=O)c1ccc(S(=O)(=O)Nc2cccc(C(=O)O)c2)cc1. The van der Waals surface area contributed by atoms with E-state index in [1.807, 2.05) is 0 Å². The molecule has 0 aliphatic carbocycles. The van der Waals surface area contributed by atoms with E-state index in [2.05, 4.69) is 4.72 Å². The van der Waals surface area contributed by atoms with Gasteiger partial charge in [0, 0.05) is 5.69 Å². The van der Waals surface area contributed by atoms with Crippen molar-refractivity contribution in [2.24, 2.45) is 0 Å². The van der Waals surface area contributed by atoms with Crippen LogP contribution in [0, 0.1) is 0 Å². The Kier molecular flexibility index (Phi) is 5.20. The molecule has 8 heteroatoms. The second-order valence-electron chi connectivity index (χ2n) is 4.74. The monoisotopic (exact) mass is 349 g/mol. The molecule has 0 saturated carbocycles. The first-order valence-corrected chi connectivity index (χ1v) is 8.45. The Morgan fingerprint density at radius 2 is 1.75 bits per heavy atom. The normalized spacial score (nSPS) is 10.9. The maximum Gasteiger partial charge on any atom is 0.338 e. The van der Waals surface area contributed by atoms with Crippen LogP contribution in [0.3, 0.4) is 0 Å². The molecule has 126 valence electrons. The van der Waals surface area contributed by atoms with Crippen LogP contribution in [0.15, 0.2) is 53.4 Å². The standard InChI is InChI=1S/C16H15NO6S/c1-2-23-16(20)11-6-8-14(9-7-11)24(21,22)17-13-5-3-4-12(10-13)15(18)19/h3-10,17H,2H2,1H3,(H,18,19). The number of sulfonamides is 1. The number of rotatable bonds is 6. The van der Waals surface area contributed by atoms with Gasteiger partial charge in [0.05, 0.1) is 22.6 Å². The molecule has 0 aliphatic rings. The molecule has 0 saturated heterocycles. The molecule has 0 bridgehead atoms. The molecule has 0 spiro atoms. The van der Waals surface area contributed by atoms with Crippen molar-refractivity contribution in [2.45, 2.75) is 11.8 Å². The minimum atomic E-state index is -3.91. The second kappa shape index (κ2) is 7.14. The van der Waals surface area contributed by atoms with E-state index in [1.165, 1.54) is 48.5 Å². The number of aromatic carboxylic acids is 1. The van der Waals surface area contributed by atoms with Gasteiger partial charge in [0.1, 0.15) is 0 Å². The fraction of sp³-hybridized carbons (Fsp3) is 0.125. The summed E-state index contributed by atoms with van der Waals surface area (Å²) in [5.74, 6) is -1.70. The highest BCUT2D eigenvalue weighted by Gasteiger charge is 2.16. The summed E-state index contributed by atoms with van der Waals surface area (Å²) >= 11 is 0. The van der Waals surface area contributed by atoms with Gasteiger partial charge in [-0.1, -0.05) is 6.07 Å². The van der Waals surface area contributed by atoms with Gasteiger partial charge in [0.25, 0.3) is 10.0 Å². The van der Waals surface area contributed by atoms with Crippen molar-refractivity contribution in [3.63, 3.8) is 0 Å². The predicted octanol–water partition coefficient (Wildman–Crippen LogP) is 2.36. The number of carboxylic acids is 1. The lowest BCUT2D eigenvalue weighted by molar-refractivity contribution is 0.0525. The zero-order chi connectivity index (χ0) is 17.7. The highest BCUT2D eigenvalue weighted by molar-refractivity contribution is 7.92. The topological polar surface area (TPSA) is 110 Å². The number of esters is 1. The average Bonchev–Trinajstić information content (AvgIpc) is 2.55. The van der Waals surface area contributed by atoms with Crippen molar-refractivity contribution in [3.8, 4) is 0 Å². The van der Waals surface area contributed by atoms with E-state index in [0.29, 0.717) is 0 Å². The zero-order valence-corrected chi connectivity index (χ0v) is 13.5. The molecular formula is C16H15NO6S. The number of anilines is 1. The Hall–Kier alpha value is -2.87. The van der Waals surface area contributed by atoms with Crippen molar-refractivity contribution in [1.82, 2.24) is 0 Å².